The van der Waals surface area contributed by atoms with E-state index < -0.39 is 77.8 Å². The van der Waals surface area contributed by atoms with E-state index in [9.17, 15) is 34.2 Å². The number of ether oxygens (including phenoxy) is 6. The molecule has 3 aliphatic heterocycles. The summed E-state index contributed by atoms with van der Waals surface area (Å²) in [4.78, 5) is 75.1. The zero-order valence-corrected chi connectivity index (χ0v) is 40.4. The van der Waals surface area contributed by atoms with Crippen molar-refractivity contribution in [3.05, 3.63) is 47.7 Å². The van der Waals surface area contributed by atoms with Gasteiger partial charge in [0.25, 0.3) is 17.6 Å². The SMILES string of the molecule is CC[C@@H]1/C=C(\C)C[C@H](C)C[C@H](OC)[C@H]2O[C@@](O)(C(=O)C(=O)N3CCCC[C@H]3C(=O)O[C@H](/C(C)=C/[C@@H]3CC[C@@H](OCC(=O)Nc4ccccn4)[C@H](OC)C3)[C@H](C)[C@@H](O)CC1=O)[C@H](C)C[C@@H]2OC. The molecule has 1 aromatic heterocycles. The molecular weight excluding hydrogens is 851 g/mol. The van der Waals surface area contributed by atoms with Crippen molar-refractivity contribution >= 4 is 35.2 Å². The number of carbonyl (C=O) groups is 5. The van der Waals surface area contributed by atoms with E-state index >= 15 is 0 Å². The van der Waals surface area contributed by atoms with Crippen LogP contribution in [0.1, 0.15) is 112 Å². The molecule has 0 spiro atoms. The lowest BCUT2D eigenvalue weighted by Gasteiger charge is -2.47. The first-order valence-corrected chi connectivity index (χ1v) is 23.9. The van der Waals surface area contributed by atoms with Crippen molar-refractivity contribution in [1.82, 2.24) is 9.88 Å². The lowest BCUT2D eigenvalue weighted by molar-refractivity contribution is -0.302. The predicted molar refractivity (Wildman–Crippen MR) is 245 cm³/mol. The van der Waals surface area contributed by atoms with Crippen LogP contribution in [0.4, 0.5) is 5.82 Å². The van der Waals surface area contributed by atoms with Crippen LogP contribution in [0.3, 0.4) is 0 Å². The van der Waals surface area contributed by atoms with Gasteiger partial charge in [0, 0.05) is 58.2 Å². The molecule has 3 fully saturated rings. The van der Waals surface area contributed by atoms with Gasteiger partial charge in [-0.15, -0.1) is 0 Å². The monoisotopic (exact) mass is 926 g/mol. The van der Waals surface area contributed by atoms with Gasteiger partial charge in [-0.25, -0.2) is 9.78 Å². The van der Waals surface area contributed by atoms with Crippen LogP contribution >= 0.6 is 0 Å². The Kier molecular flexibility index (Phi) is 19.6. The average molecular weight is 926 g/mol. The van der Waals surface area contributed by atoms with Crippen molar-refractivity contribution in [2.24, 2.45) is 29.6 Å². The molecule has 0 unspecified atom stereocenters. The van der Waals surface area contributed by atoms with Crippen LogP contribution in [0.5, 0.6) is 0 Å². The number of aromatic nitrogens is 1. The van der Waals surface area contributed by atoms with E-state index in [2.05, 4.69) is 10.3 Å². The van der Waals surface area contributed by atoms with Crippen LogP contribution in [0.2, 0.25) is 0 Å². The number of fused-ring (bicyclic) bond motifs is 3. The van der Waals surface area contributed by atoms with E-state index in [0.29, 0.717) is 62.8 Å². The Balaban J connectivity index is 1.44. The maximum atomic E-state index is 14.5. The van der Waals surface area contributed by atoms with Gasteiger partial charge in [-0.3, -0.25) is 19.2 Å². The second kappa shape index (κ2) is 24.4. The largest absolute Gasteiger partial charge is 0.456 e. The van der Waals surface area contributed by atoms with Crippen LogP contribution in [0.15, 0.2) is 47.7 Å². The molecule has 4 heterocycles. The van der Waals surface area contributed by atoms with E-state index in [1.807, 2.05) is 39.8 Å². The lowest BCUT2D eigenvalue weighted by Crippen LogP contribution is -2.64. The first-order chi connectivity index (χ1) is 31.4. The van der Waals surface area contributed by atoms with E-state index in [4.69, 9.17) is 28.4 Å². The van der Waals surface area contributed by atoms with Gasteiger partial charge in [0.1, 0.15) is 36.5 Å². The molecule has 5 rings (SSSR count). The third-order valence-corrected chi connectivity index (χ3v) is 14.2. The number of cyclic esters (lactones) is 1. The number of pyridine rings is 1. The normalized spacial score (nSPS) is 36.9. The van der Waals surface area contributed by atoms with Gasteiger partial charge < -0.3 is 48.9 Å². The number of hydrogen-bond acceptors (Lipinski definition) is 14. The summed E-state index contributed by atoms with van der Waals surface area (Å²) in [5.74, 6) is -7.67. The molecule has 2 saturated heterocycles. The van der Waals surface area contributed by atoms with Crippen LogP contribution in [-0.2, 0) is 52.4 Å². The number of rotatable bonds is 10. The molecule has 3 N–H and O–H groups in total. The Labute approximate surface area is 390 Å². The minimum Gasteiger partial charge on any atom is -0.456 e. The Morgan fingerprint density at radius 1 is 0.955 bits per heavy atom. The standard InChI is InChI=1S/C50H75N3O13/c1-10-35-22-29(2)21-30(3)23-41(62-8)46-42(63-9)25-32(5)50(60,66-46)47(57)48(58)53-20-14-12-15-36(53)49(59)65-45(33(6)37(54)27-38(35)55)31(4)24-34-17-18-39(40(26-34)61-7)64-28-44(56)52-43-16-11-13-19-51-43/h11,13,16,19,22,24,30,32-37,39-42,45-46,54,60H,10,12,14-15,17-18,20-21,23,25-28H2,1-9H3,(H,51,52,56)/b29-22+,31-24+/t30-,32+,33+,34-,35+,36-,37-,39+,40+,41-,42-,45+,46+,50+/m0/s1. The van der Waals surface area contributed by atoms with Crippen LogP contribution in [-0.4, -0.2) is 138 Å². The smallest absolute Gasteiger partial charge is 0.329 e. The third-order valence-electron chi connectivity index (χ3n) is 14.2. The fourth-order valence-corrected chi connectivity index (χ4v) is 10.4. The number of piperidine rings is 1. The van der Waals surface area contributed by atoms with E-state index in [0.717, 1.165) is 5.57 Å². The summed E-state index contributed by atoms with van der Waals surface area (Å²) in [6.45, 7) is 11.0. The third kappa shape index (κ3) is 13.2. The van der Waals surface area contributed by atoms with Crippen molar-refractivity contribution < 1.29 is 62.6 Å². The van der Waals surface area contributed by atoms with Crippen LogP contribution < -0.4 is 5.32 Å². The number of carbonyl (C=O) groups excluding carboxylic acids is 5. The van der Waals surface area contributed by atoms with Crippen LogP contribution in [0, 0.1) is 29.6 Å². The van der Waals surface area contributed by atoms with Gasteiger partial charge >= 0.3 is 5.97 Å². The van der Waals surface area contributed by atoms with Gasteiger partial charge in [-0.05, 0) is 108 Å². The molecule has 16 nitrogen and oxygen atoms in total. The molecule has 1 aromatic rings. The number of Topliss-reactive ketones (excluding diaryl/α,β-unsaturated/α-hetero) is 2. The number of aliphatic hydroxyl groups excluding tert-OH is 1. The molecule has 1 aliphatic carbocycles. The number of aliphatic hydroxyl groups is 2. The maximum Gasteiger partial charge on any atom is 0.329 e. The van der Waals surface area contributed by atoms with Gasteiger partial charge in [0.05, 0.1) is 30.5 Å². The number of methoxy groups -OCH3 is 3. The maximum absolute atomic E-state index is 14.5. The topological polar surface area (TPSA) is 209 Å². The molecule has 66 heavy (non-hydrogen) atoms. The average Bonchev–Trinajstić information content (AvgIpc) is 3.30. The van der Waals surface area contributed by atoms with E-state index in [1.165, 1.54) is 19.1 Å². The van der Waals surface area contributed by atoms with Gasteiger partial charge in [-0.1, -0.05) is 51.5 Å². The van der Waals surface area contributed by atoms with Gasteiger partial charge in [0.2, 0.25) is 5.79 Å². The summed E-state index contributed by atoms with van der Waals surface area (Å²) in [5.41, 5.74) is 1.62. The van der Waals surface area contributed by atoms with Crippen molar-refractivity contribution in [2.75, 3.05) is 39.8 Å². The van der Waals surface area contributed by atoms with Gasteiger partial charge in [0.15, 0.2) is 0 Å². The van der Waals surface area contributed by atoms with Gasteiger partial charge in [-0.2, -0.15) is 0 Å². The Hall–Kier alpha value is -3.90. The van der Waals surface area contributed by atoms with Crippen molar-refractivity contribution in [1.29, 1.82) is 0 Å². The number of hydrogen-bond donors (Lipinski definition) is 3. The van der Waals surface area contributed by atoms with Crippen molar-refractivity contribution in [3.63, 3.8) is 0 Å². The highest BCUT2D eigenvalue weighted by Gasteiger charge is 2.56. The molecule has 0 radical (unpaired) electrons. The highest BCUT2D eigenvalue weighted by Crippen LogP contribution is 2.39. The molecule has 2 amide bonds. The van der Waals surface area contributed by atoms with Crippen molar-refractivity contribution in [3.8, 4) is 0 Å². The number of amides is 2. The molecule has 4 aliphatic rings. The molecule has 1 saturated carbocycles. The first kappa shape index (κ1) is 53.1. The molecule has 16 heteroatoms. The molecule has 0 aromatic carbocycles. The fourth-order valence-electron chi connectivity index (χ4n) is 10.4. The Morgan fingerprint density at radius 2 is 1.67 bits per heavy atom. The highest BCUT2D eigenvalue weighted by molar-refractivity contribution is 6.39. The Bertz CT molecular complexity index is 1880. The number of allylic oxidation sites excluding steroid dienone is 3. The second-order valence-corrected chi connectivity index (χ2v) is 19.2. The lowest BCUT2D eigenvalue weighted by atomic mass is 9.81. The van der Waals surface area contributed by atoms with Crippen molar-refractivity contribution in [2.45, 2.75) is 167 Å². The summed E-state index contributed by atoms with van der Waals surface area (Å²) >= 11 is 0. The summed E-state index contributed by atoms with van der Waals surface area (Å²) < 4.78 is 36.3. The number of ketones is 2. The summed E-state index contributed by atoms with van der Waals surface area (Å²) in [6, 6.07) is 4.05. The summed E-state index contributed by atoms with van der Waals surface area (Å²) in [5, 5.41) is 26.7. The first-order valence-electron chi connectivity index (χ1n) is 23.9. The minimum atomic E-state index is -2.53. The number of nitrogens with zero attached hydrogens (tertiary/aromatic N) is 2. The molecule has 14 atom stereocenters. The molecule has 368 valence electrons. The fraction of sp³-hybridized carbons (Fsp3) is 0.720. The zero-order chi connectivity index (χ0) is 48.3. The van der Waals surface area contributed by atoms with Crippen LogP contribution in [0.25, 0.3) is 0 Å². The molecule has 2 bridgehead atoms. The van der Waals surface area contributed by atoms with E-state index in [1.54, 1.807) is 45.4 Å². The second-order valence-electron chi connectivity index (χ2n) is 19.2. The highest BCUT2D eigenvalue weighted by atomic mass is 16.7. The number of nitrogens with one attached hydrogen (secondary N) is 1. The number of anilines is 1. The predicted octanol–water partition coefficient (Wildman–Crippen LogP) is 5.53. The zero-order valence-electron chi connectivity index (χ0n) is 40.4. The van der Waals surface area contributed by atoms with E-state index in [-0.39, 0.29) is 68.1 Å². The Morgan fingerprint density at radius 3 is 2.33 bits per heavy atom. The quantitative estimate of drug-likeness (QED) is 0.150. The summed E-state index contributed by atoms with van der Waals surface area (Å²) in [6.07, 6.45) is 5.23. The summed E-state index contributed by atoms with van der Waals surface area (Å²) in [7, 11) is 4.65. The number of esters is 1. The molecular formula is C50H75N3O13. The minimum absolute atomic E-state index is 0.0168.